The molecule has 1 saturated carbocycles. The molecular formula is C21H28BrN3O5. The summed E-state index contributed by atoms with van der Waals surface area (Å²) in [5.41, 5.74) is 0.814. The number of benzene rings is 1. The minimum atomic E-state index is -0.543. The van der Waals surface area contributed by atoms with E-state index in [4.69, 9.17) is 9.47 Å². The Labute approximate surface area is 185 Å². The van der Waals surface area contributed by atoms with Gasteiger partial charge in [-0.05, 0) is 44.4 Å². The highest BCUT2D eigenvalue weighted by Gasteiger charge is 2.31. The van der Waals surface area contributed by atoms with Crippen LogP contribution in [0, 0.1) is 0 Å². The molecule has 0 radical (unpaired) electrons. The molecule has 0 unspecified atom stereocenters. The van der Waals surface area contributed by atoms with E-state index in [1.54, 1.807) is 4.90 Å². The number of nitrogens with zero attached hydrogens (tertiary/aromatic N) is 2. The Kier molecular flexibility index (Phi) is 7.58. The molecule has 1 N–H and O–H groups in total. The van der Waals surface area contributed by atoms with E-state index < -0.39 is 11.8 Å². The summed E-state index contributed by atoms with van der Waals surface area (Å²) in [6, 6.07) is 3.81. The number of halogens is 1. The van der Waals surface area contributed by atoms with Gasteiger partial charge >= 0.3 is 11.8 Å². The first-order chi connectivity index (χ1) is 14.4. The monoisotopic (exact) mass is 481 g/mol. The highest BCUT2D eigenvalue weighted by molar-refractivity contribution is 9.10. The average Bonchev–Trinajstić information content (AvgIpc) is 3.55. The average molecular weight is 482 g/mol. The number of amides is 3. The predicted octanol–water partition coefficient (Wildman–Crippen LogP) is 1.74. The molecule has 1 aromatic rings. The molecule has 1 heterocycles. The molecule has 2 fully saturated rings. The van der Waals surface area contributed by atoms with Crippen molar-refractivity contribution in [3.05, 3.63) is 22.2 Å². The van der Waals surface area contributed by atoms with Gasteiger partial charge in [0.2, 0.25) is 5.91 Å². The van der Waals surface area contributed by atoms with Crippen LogP contribution in [-0.2, 0) is 20.8 Å². The third kappa shape index (κ3) is 5.65. The van der Waals surface area contributed by atoms with Gasteiger partial charge in [-0.25, -0.2) is 0 Å². The molecular weight excluding hydrogens is 454 g/mol. The summed E-state index contributed by atoms with van der Waals surface area (Å²) >= 11 is 3.52. The lowest BCUT2D eigenvalue weighted by molar-refractivity contribution is -0.148. The van der Waals surface area contributed by atoms with E-state index in [1.807, 2.05) is 26.0 Å². The summed E-state index contributed by atoms with van der Waals surface area (Å²) in [7, 11) is 0. The van der Waals surface area contributed by atoms with Crippen molar-refractivity contribution in [1.82, 2.24) is 15.1 Å². The lowest BCUT2D eigenvalue weighted by Crippen LogP contribution is -2.54. The smallest absolute Gasteiger partial charge is 0.312 e. The maximum Gasteiger partial charge on any atom is 0.312 e. The lowest BCUT2D eigenvalue weighted by atomic mass is 10.1. The first-order valence-electron chi connectivity index (χ1n) is 10.4. The van der Waals surface area contributed by atoms with Gasteiger partial charge < -0.3 is 24.6 Å². The molecule has 0 aromatic heterocycles. The van der Waals surface area contributed by atoms with Crippen molar-refractivity contribution in [3.63, 3.8) is 0 Å². The molecule has 3 rings (SSSR count). The van der Waals surface area contributed by atoms with Crippen molar-refractivity contribution in [2.75, 3.05) is 39.4 Å². The van der Waals surface area contributed by atoms with E-state index in [9.17, 15) is 14.4 Å². The van der Waals surface area contributed by atoms with Crippen molar-refractivity contribution in [2.45, 2.75) is 39.2 Å². The Morgan fingerprint density at radius 3 is 2.13 bits per heavy atom. The molecule has 0 atom stereocenters. The molecule has 164 valence electrons. The molecule has 30 heavy (non-hydrogen) atoms. The summed E-state index contributed by atoms with van der Waals surface area (Å²) in [6.45, 7) is 6.36. The van der Waals surface area contributed by atoms with Gasteiger partial charge in [-0.3, -0.25) is 14.4 Å². The molecule has 1 aliphatic carbocycles. The maximum atomic E-state index is 12.8. The summed E-state index contributed by atoms with van der Waals surface area (Å²) < 4.78 is 12.0. The number of hydrogen-bond donors (Lipinski definition) is 1. The van der Waals surface area contributed by atoms with Gasteiger partial charge in [0.15, 0.2) is 11.5 Å². The number of nitrogens with one attached hydrogen (secondary N) is 1. The molecule has 1 aliphatic heterocycles. The summed E-state index contributed by atoms with van der Waals surface area (Å²) in [6.07, 6.45) is 2.09. The standard InChI is InChI=1S/C21H28BrN3O5/c1-3-29-17-11-14(16(22)13-18(17)30-4-2)12-19(26)24-7-9-25(10-8-24)21(28)20(27)23-15-5-6-15/h11,13,15H,3-10,12H2,1-2H3,(H,23,27). The van der Waals surface area contributed by atoms with Crippen LogP contribution in [-0.4, -0.2) is 73.0 Å². The second-order valence-corrected chi connectivity index (χ2v) is 8.21. The fourth-order valence-corrected chi connectivity index (χ4v) is 3.76. The van der Waals surface area contributed by atoms with E-state index in [2.05, 4.69) is 21.2 Å². The van der Waals surface area contributed by atoms with Crippen molar-refractivity contribution in [1.29, 1.82) is 0 Å². The van der Waals surface area contributed by atoms with Crippen molar-refractivity contribution < 1.29 is 23.9 Å². The van der Waals surface area contributed by atoms with Gasteiger partial charge in [0, 0.05) is 36.7 Å². The van der Waals surface area contributed by atoms with E-state index in [0.717, 1.165) is 22.9 Å². The second kappa shape index (κ2) is 10.1. The SMILES string of the molecule is CCOc1cc(Br)c(CC(=O)N2CCN(C(=O)C(=O)NC3CC3)CC2)cc1OCC. The van der Waals surface area contributed by atoms with Gasteiger partial charge in [0.25, 0.3) is 0 Å². The first-order valence-corrected chi connectivity index (χ1v) is 11.2. The molecule has 2 aliphatic rings. The molecule has 3 amide bonds. The summed E-state index contributed by atoms with van der Waals surface area (Å²) in [4.78, 5) is 40.2. The minimum absolute atomic E-state index is 0.0307. The van der Waals surface area contributed by atoms with E-state index in [1.165, 1.54) is 4.90 Å². The third-order valence-corrected chi connectivity index (χ3v) is 5.82. The van der Waals surface area contributed by atoms with Crippen molar-refractivity contribution in [2.24, 2.45) is 0 Å². The van der Waals surface area contributed by atoms with Crippen LogP contribution in [0.1, 0.15) is 32.3 Å². The van der Waals surface area contributed by atoms with Gasteiger partial charge in [-0.2, -0.15) is 0 Å². The van der Waals surface area contributed by atoms with Crippen LogP contribution in [0.4, 0.5) is 0 Å². The molecule has 1 saturated heterocycles. The second-order valence-electron chi connectivity index (χ2n) is 7.35. The van der Waals surface area contributed by atoms with Gasteiger partial charge in [-0.15, -0.1) is 0 Å². The zero-order chi connectivity index (χ0) is 21.7. The van der Waals surface area contributed by atoms with E-state index in [0.29, 0.717) is 50.9 Å². The van der Waals surface area contributed by atoms with Crippen LogP contribution in [0.25, 0.3) is 0 Å². The largest absolute Gasteiger partial charge is 0.490 e. The van der Waals surface area contributed by atoms with Crippen LogP contribution in [0.5, 0.6) is 11.5 Å². The molecule has 0 spiro atoms. The molecule has 8 nitrogen and oxygen atoms in total. The highest BCUT2D eigenvalue weighted by atomic mass is 79.9. The number of hydrogen-bond acceptors (Lipinski definition) is 5. The number of carbonyl (C=O) groups is 3. The quantitative estimate of drug-likeness (QED) is 0.599. The van der Waals surface area contributed by atoms with E-state index >= 15 is 0 Å². The molecule has 9 heteroatoms. The topological polar surface area (TPSA) is 88.2 Å². The fourth-order valence-electron chi connectivity index (χ4n) is 3.30. The van der Waals surface area contributed by atoms with Crippen LogP contribution in [0.2, 0.25) is 0 Å². The fraction of sp³-hybridized carbons (Fsp3) is 0.571. The Morgan fingerprint density at radius 1 is 1.00 bits per heavy atom. The zero-order valence-corrected chi connectivity index (χ0v) is 19.0. The maximum absolute atomic E-state index is 12.8. The predicted molar refractivity (Wildman–Crippen MR) is 115 cm³/mol. The van der Waals surface area contributed by atoms with Crippen molar-refractivity contribution >= 4 is 33.7 Å². The number of rotatable bonds is 7. The Balaban J connectivity index is 1.57. The number of ether oxygens (including phenoxy) is 2. The Hall–Kier alpha value is -2.29. The van der Waals surface area contributed by atoms with Crippen LogP contribution in [0.3, 0.4) is 0 Å². The van der Waals surface area contributed by atoms with Gasteiger partial charge in [0.05, 0.1) is 19.6 Å². The third-order valence-electron chi connectivity index (χ3n) is 5.08. The lowest BCUT2D eigenvalue weighted by Gasteiger charge is -2.34. The number of piperazine rings is 1. The number of carbonyl (C=O) groups excluding carboxylic acids is 3. The van der Waals surface area contributed by atoms with Crippen LogP contribution < -0.4 is 14.8 Å². The van der Waals surface area contributed by atoms with Crippen LogP contribution >= 0.6 is 15.9 Å². The minimum Gasteiger partial charge on any atom is -0.490 e. The van der Waals surface area contributed by atoms with Crippen LogP contribution in [0.15, 0.2) is 16.6 Å². The highest BCUT2D eigenvalue weighted by Crippen LogP contribution is 2.34. The summed E-state index contributed by atoms with van der Waals surface area (Å²) in [5, 5.41) is 2.71. The zero-order valence-electron chi connectivity index (χ0n) is 17.4. The molecule has 1 aromatic carbocycles. The van der Waals surface area contributed by atoms with Crippen molar-refractivity contribution in [3.8, 4) is 11.5 Å². The Bertz CT molecular complexity index is 804. The molecule has 0 bridgehead atoms. The van der Waals surface area contributed by atoms with E-state index in [-0.39, 0.29) is 18.4 Å². The Morgan fingerprint density at radius 2 is 1.57 bits per heavy atom. The van der Waals surface area contributed by atoms with Gasteiger partial charge in [0.1, 0.15) is 0 Å². The normalized spacial score (nSPS) is 16.2. The first kappa shape index (κ1) is 22.4. The van der Waals surface area contributed by atoms with Gasteiger partial charge in [-0.1, -0.05) is 15.9 Å². The summed E-state index contributed by atoms with van der Waals surface area (Å²) in [5.74, 6) is 0.168.